The SMILES string of the molecule is CC.CNC(=O)C[C@@H]1CCC(c2ccccc2)NC1.COC(C)c1cc(C(F)(F)F)cc(C(F)(F)F)c1. The van der Waals surface area contributed by atoms with Crippen molar-refractivity contribution in [2.45, 2.75) is 64.5 Å². The molecule has 2 unspecified atom stereocenters. The lowest BCUT2D eigenvalue weighted by Gasteiger charge is -2.29. The van der Waals surface area contributed by atoms with Gasteiger partial charge >= 0.3 is 12.4 Å². The highest BCUT2D eigenvalue weighted by Crippen LogP contribution is 2.37. The van der Waals surface area contributed by atoms with Gasteiger partial charge in [-0.2, -0.15) is 26.3 Å². The molecule has 1 aliphatic heterocycles. The van der Waals surface area contributed by atoms with Crippen molar-refractivity contribution < 1.29 is 35.9 Å². The number of hydrogen-bond donors (Lipinski definition) is 2. The van der Waals surface area contributed by atoms with E-state index in [0.29, 0.717) is 30.5 Å². The number of halogens is 6. The van der Waals surface area contributed by atoms with Crippen LogP contribution in [0, 0.1) is 5.92 Å². The molecule has 0 saturated carbocycles. The smallest absolute Gasteiger partial charge is 0.377 e. The topological polar surface area (TPSA) is 50.4 Å². The van der Waals surface area contributed by atoms with Gasteiger partial charge in [0.1, 0.15) is 0 Å². The molecule has 1 fully saturated rings. The second kappa shape index (κ2) is 15.0. The maximum Gasteiger partial charge on any atom is 0.416 e. The van der Waals surface area contributed by atoms with Crippen molar-refractivity contribution in [2.24, 2.45) is 5.92 Å². The summed E-state index contributed by atoms with van der Waals surface area (Å²) in [4.78, 5) is 11.3. The first-order valence-corrected chi connectivity index (χ1v) is 12.2. The average molecular weight is 535 g/mol. The largest absolute Gasteiger partial charge is 0.416 e. The van der Waals surface area contributed by atoms with Crippen LogP contribution in [-0.4, -0.2) is 26.6 Å². The maximum atomic E-state index is 12.5. The number of nitrogens with one attached hydrogen (secondary N) is 2. The number of carbonyl (C=O) groups excluding carboxylic acids is 1. The fourth-order valence-corrected chi connectivity index (χ4v) is 3.77. The van der Waals surface area contributed by atoms with Crippen LogP contribution in [0.3, 0.4) is 0 Å². The summed E-state index contributed by atoms with van der Waals surface area (Å²) < 4.78 is 79.7. The van der Waals surface area contributed by atoms with Gasteiger partial charge in [-0.15, -0.1) is 0 Å². The number of methoxy groups -OCH3 is 1. The molecule has 0 spiro atoms. The molecule has 0 aromatic heterocycles. The van der Waals surface area contributed by atoms with Crippen molar-refractivity contribution in [3.8, 4) is 0 Å². The number of rotatable bonds is 5. The molecule has 0 aliphatic carbocycles. The van der Waals surface area contributed by atoms with Gasteiger partial charge in [0, 0.05) is 26.6 Å². The predicted octanol–water partition coefficient (Wildman–Crippen LogP) is 7.32. The van der Waals surface area contributed by atoms with Crippen molar-refractivity contribution in [1.29, 1.82) is 0 Å². The Bertz CT molecular complexity index is 908. The van der Waals surface area contributed by atoms with Crippen LogP contribution >= 0.6 is 0 Å². The van der Waals surface area contributed by atoms with E-state index in [4.69, 9.17) is 4.74 Å². The highest BCUT2D eigenvalue weighted by atomic mass is 19.4. The quantitative estimate of drug-likeness (QED) is 0.395. The van der Waals surface area contributed by atoms with Gasteiger partial charge in [-0.3, -0.25) is 4.79 Å². The Morgan fingerprint density at radius 2 is 1.54 bits per heavy atom. The second-order valence-corrected chi connectivity index (χ2v) is 8.41. The zero-order chi connectivity index (χ0) is 28.2. The van der Waals surface area contributed by atoms with Crippen LogP contribution in [0.4, 0.5) is 26.3 Å². The van der Waals surface area contributed by atoms with Crippen molar-refractivity contribution in [1.82, 2.24) is 10.6 Å². The van der Waals surface area contributed by atoms with Gasteiger partial charge in [-0.25, -0.2) is 0 Å². The molecule has 1 heterocycles. The van der Waals surface area contributed by atoms with E-state index in [0.717, 1.165) is 19.4 Å². The minimum absolute atomic E-state index is 0.0892. The minimum Gasteiger partial charge on any atom is -0.377 e. The van der Waals surface area contributed by atoms with E-state index in [1.165, 1.54) is 19.6 Å². The van der Waals surface area contributed by atoms with Gasteiger partial charge in [0.05, 0.1) is 17.2 Å². The van der Waals surface area contributed by atoms with Gasteiger partial charge in [0.25, 0.3) is 0 Å². The molecule has 0 radical (unpaired) electrons. The van der Waals surface area contributed by atoms with E-state index in [9.17, 15) is 31.1 Å². The predicted molar refractivity (Wildman–Crippen MR) is 132 cm³/mol. The average Bonchev–Trinajstić information content (AvgIpc) is 2.89. The molecule has 208 valence electrons. The van der Waals surface area contributed by atoms with Crippen molar-refractivity contribution in [2.75, 3.05) is 20.7 Å². The van der Waals surface area contributed by atoms with Crippen molar-refractivity contribution in [3.63, 3.8) is 0 Å². The van der Waals surface area contributed by atoms with Crippen LogP contribution in [0.1, 0.15) is 74.4 Å². The Morgan fingerprint density at radius 3 is 1.95 bits per heavy atom. The molecule has 37 heavy (non-hydrogen) atoms. The molecular formula is C27H36F6N2O2. The van der Waals surface area contributed by atoms with Crippen molar-refractivity contribution in [3.05, 3.63) is 70.8 Å². The van der Waals surface area contributed by atoms with E-state index in [1.807, 2.05) is 19.9 Å². The van der Waals surface area contributed by atoms with E-state index in [2.05, 4.69) is 34.9 Å². The standard InChI is InChI=1S/C14H20N2O.C11H10F6O.C2H6/c1-15-14(17)9-11-7-8-13(16-10-11)12-5-3-2-4-6-12;1-6(18-2)7-3-8(10(12,13)14)5-9(4-7)11(15,16)17;1-2/h2-6,11,13,16H,7-10H2,1H3,(H,15,17);3-6H,1-2H3;1-2H3/t11-,13?;;/m0../s1. The molecule has 10 heteroatoms. The monoisotopic (exact) mass is 534 g/mol. The Hall–Kier alpha value is -2.59. The van der Waals surface area contributed by atoms with Crippen LogP contribution in [0.25, 0.3) is 0 Å². The van der Waals surface area contributed by atoms with Crippen molar-refractivity contribution >= 4 is 5.91 Å². The summed E-state index contributed by atoms with van der Waals surface area (Å²) in [6.07, 6.45) is -7.63. The van der Waals surface area contributed by atoms with Crippen LogP contribution in [-0.2, 0) is 21.9 Å². The van der Waals surface area contributed by atoms with Crippen LogP contribution in [0.2, 0.25) is 0 Å². The Morgan fingerprint density at radius 1 is 1.00 bits per heavy atom. The zero-order valence-corrected chi connectivity index (χ0v) is 21.8. The summed E-state index contributed by atoms with van der Waals surface area (Å²) >= 11 is 0. The number of alkyl halides is 6. The summed E-state index contributed by atoms with van der Waals surface area (Å²) in [5.41, 5.74) is -1.49. The number of hydrogen-bond acceptors (Lipinski definition) is 3. The highest BCUT2D eigenvalue weighted by Gasteiger charge is 2.37. The minimum atomic E-state index is -4.83. The first-order chi connectivity index (χ1) is 17.3. The third kappa shape index (κ3) is 10.7. The fourth-order valence-electron chi connectivity index (χ4n) is 3.77. The lowest BCUT2D eigenvalue weighted by Crippen LogP contribution is -2.35. The zero-order valence-electron chi connectivity index (χ0n) is 21.8. The molecule has 3 atom stereocenters. The first-order valence-electron chi connectivity index (χ1n) is 12.2. The number of amides is 1. The second-order valence-electron chi connectivity index (χ2n) is 8.41. The van der Waals surface area contributed by atoms with Gasteiger partial charge in [-0.05, 0) is 61.6 Å². The molecule has 1 amide bonds. The highest BCUT2D eigenvalue weighted by molar-refractivity contribution is 5.75. The lowest BCUT2D eigenvalue weighted by molar-refractivity contribution is -0.143. The Kier molecular flexibility index (Phi) is 13.1. The number of piperidine rings is 1. The van der Waals surface area contributed by atoms with Crippen LogP contribution in [0.15, 0.2) is 48.5 Å². The molecule has 2 aromatic carbocycles. The third-order valence-electron chi connectivity index (χ3n) is 5.90. The molecule has 3 rings (SSSR count). The molecule has 2 N–H and O–H groups in total. The Labute approximate surface area is 214 Å². The molecular weight excluding hydrogens is 498 g/mol. The summed E-state index contributed by atoms with van der Waals surface area (Å²) in [5.74, 6) is 0.630. The van der Waals surface area contributed by atoms with Crippen LogP contribution < -0.4 is 10.6 Å². The summed E-state index contributed by atoms with van der Waals surface area (Å²) in [5, 5.41) is 6.22. The molecule has 1 saturated heterocycles. The summed E-state index contributed by atoms with van der Waals surface area (Å²) in [6.45, 7) is 6.31. The molecule has 1 aliphatic rings. The van der Waals surface area contributed by atoms with Crippen LogP contribution in [0.5, 0.6) is 0 Å². The van der Waals surface area contributed by atoms with E-state index in [1.54, 1.807) is 7.05 Å². The normalized spacial score (nSPS) is 18.5. The fraction of sp³-hybridized carbons (Fsp3) is 0.519. The number of benzene rings is 2. The summed E-state index contributed by atoms with van der Waals surface area (Å²) in [6, 6.07) is 12.4. The van der Waals surface area contributed by atoms with Gasteiger partial charge in [-0.1, -0.05) is 44.2 Å². The van der Waals surface area contributed by atoms with E-state index in [-0.39, 0.29) is 17.5 Å². The van der Waals surface area contributed by atoms with E-state index >= 15 is 0 Å². The molecule has 0 bridgehead atoms. The maximum absolute atomic E-state index is 12.5. The summed E-state index contributed by atoms with van der Waals surface area (Å²) in [7, 11) is 2.91. The lowest BCUT2D eigenvalue weighted by atomic mass is 9.89. The first kappa shape index (κ1) is 32.4. The number of carbonyl (C=O) groups is 1. The molecule has 2 aromatic rings. The number of ether oxygens (including phenoxy) is 1. The Balaban J connectivity index is 0.000000347. The molecule has 4 nitrogen and oxygen atoms in total. The van der Waals surface area contributed by atoms with Gasteiger partial charge in [0.2, 0.25) is 5.91 Å². The van der Waals surface area contributed by atoms with E-state index < -0.39 is 29.6 Å². The van der Waals surface area contributed by atoms with Gasteiger partial charge < -0.3 is 15.4 Å². The third-order valence-corrected chi connectivity index (χ3v) is 5.90. The van der Waals surface area contributed by atoms with Gasteiger partial charge in [0.15, 0.2) is 0 Å².